The summed E-state index contributed by atoms with van der Waals surface area (Å²) in [6.45, 7) is 6.64. The van der Waals surface area contributed by atoms with E-state index in [1.807, 2.05) is 0 Å². The number of hydrogen-bond donors (Lipinski definition) is 2. The van der Waals surface area contributed by atoms with E-state index in [-0.39, 0.29) is 1.43 Å². The van der Waals surface area contributed by atoms with Gasteiger partial charge in [-0.2, -0.15) is 12.6 Å². The van der Waals surface area contributed by atoms with Gasteiger partial charge in [0.05, 0.1) is 0 Å². The lowest BCUT2D eigenvalue weighted by Gasteiger charge is -2.07. The van der Waals surface area contributed by atoms with Gasteiger partial charge in [0, 0.05) is 13.7 Å². The van der Waals surface area contributed by atoms with E-state index < -0.39 is 0 Å². The molecule has 0 aliphatic heterocycles. The van der Waals surface area contributed by atoms with Gasteiger partial charge in [-0.1, -0.05) is 20.3 Å². The molecule has 0 rings (SSSR count). The Morgan fingerprint density at radius 3 is 2.78 bits per heavy atom. The summed E-state index contributed by atoms with van der Waals surface area (Å²) in [4.78, 5) is 0. The molecule has 9 heavy (non-hydrogen) atoms. The fourth-order valence-corrected chi connectivity index (χ4v) is 0.730. The minimum atomic E-state index is 0. The fraction of sp³-hybridized carbons (Fsp3) is 1.00. The zero-order valence-electron chi connectivity index (χ0n) is 6.35. The lowest BCUT2D eigenvalue weighted by molar-refractivity contribution is 0.511. The first-order chi connectivity index (χ1) is 4.31. The van der Waals surface area contributed by atoms with Crippen LogP contribution in [0.3, 0.4) is 0 Å². The van der Waals surface area contributed by atoms with Crippen molar-refractivity contribution in [3.05, 3.63) is 0 Å². The van der Waals surface area contributed by atoms with Gasteiger partial charge in [-0.05, 0) is 12.5 Å². The van der Waals surface area contributed by atoms with E-state index in [0.717, 1.165) is 24.8 Å². The van der Waals surface area contributed by atoms with Crippen LogP contribution in [0.4, 0.5) is 0 Å². The van der Waals surface area contributed by atoms with E-state index in [0.29, 0.717) is 0 Å². The number of rotatable bonds is 5. The predicted molar refractivity (Wildman–Crippen MR) is 48.3 cm³/mol. The maximum absolute atomic E-state index is 4.09. The van der Waals surface area contributed by atoms with Crippen LogP contribution in [0.15, 0.2) is 0 Å². The molecule has 0 aromatic rings. The molecule has 0 aromatic carbocycles. The molecular weight excluding hydrogens is 130 g/mol. The zero-order valence-corrected chi connectivity index (χ0v) is 7.25. The second kappa shape index (κ2) is 6.43. The molecule has 2 heteroatoms. The largest absolute Gasteiger partial charge is 0.316 e. The van der Waals surface area contributed by atoms with Crippen molar-refractivity contribution >= 4 is 12.6 Å². The molecule has 0 aliphatic carbocycles. The topological polar surface area (TPSA) is 12.0 Å². The van der Waals surface area contributed by atoms with Crippen LogP contribution >= 0.6 is 12.6 Å². The second-order valence-electron chi connectivity index (χ2n) is 2.44. The van der Waals surface area contributed by atoms with Gasteiger partial charge in [0.15, 0.2) is 0 Å². The SMILES string of the molecule is CCC(C)CNCCS.[HH]. The molecule has 0 amide bonds. The summed E-state index contributed by atoms with van der Waals surface area (Å²) in [5.41, 5.74) is 0. The third-order valence-corrected chi connectivity index (χ3v) is 1.70. The molecule has 0 aliphatic rings. The number of nitrogens with one attached hydrogen (secondary N) is 1. The number of thiol groups is 1. The third-order valence-electron chi connectivity index (χ3n) is 1.48. The fourth-order valence-electron chi connectivity index (χ4n) is 0.572. The van der Waals surface area contributed by atoms with Gasteiger partial charge in [-0.3, -0.25) is 0 Å². The van der Waals surface area contributed by atoms with Gasteiger partial charge >= 0.3 is 0 Å². The summed E-state index contributed by atoms with van der Waals surface area (Å²) in [6, 6.07) is 0. The Labute approximate surface area is 65.1 Å². The molecule has 1 unspecified atom stereocenters. The lowest BCUT2D eigenvalue weighted by Crippen LogP contribution is -2.22. The minimum absolute atomic E-state index is 0. The molecule has 58 valence electrons. The van der Waals surface area contributed by atoms with Crippen molar-refractivity contribution in [1.82, 2.24) is 5.32 Å². The summed E-state index contributed by atoms with van der Waals surface area (Å²) in [6.07, 6.45) is 1.26. The first-order valence-electron chi connectivity index (χ1n) is 3.62. The van der Waals surface area contributed by atoms with Crippen LogP contribution in [0.1, 0.15) is 21.7 Å². The van der Waals surface area contributed by atoms with Crippen molar-refractivity contribution in [2.45, 2.75) is 20.3 Å². The van der Waals surface area contributed by atoms with Gasteiger partial charge < -0.3 is 5.32 Å². The Hall–Kier alpha value is 0.310. The Kier molecular flexibility index (Phi) is 6.65. The van der Waals surface area contributed by atoms with Crippen LogP contribution in [0.5, 0.6) is 0 Å². The Balaban J connectivity index is 0. The first-order valence-corrected chi connectivity index (χ1v) is 4.26. The van der Waals surface area contributed by atoms with Crippen molar-refractivity contribution in [3.8, 4) is 0 Å². The highest BCUT2D eigenvalue weighted by atomic mass is 32.1. The highest BCUT2D eigenvalue weighted by Gasteiger charge is 1.94. The molecule has 1 N–H and O–H groups in total. The van der Waals surface area contributed by atoms with E-state index in [9.17, 15) is 0 Å². The summed E-state index contributed by atoms with van der Waals surface area (Å²) in [7, 11) is 0. The van der Waals surface area contributed by atoms with Crippen molar-refractivity contribution in [2.24, 2.45) is 5.92 Å². The molecule has 1 nitrogen and oxygen atoms in total. The molecule has 0 fully saturated rings. The second-order valence-corrected chi connectivity index (χ2v) is 2.89. The quantitative estimate of drug-likeness (QED) is 0.449. The summed E-state index contributed by atoms with van der Waals surface area (Å²) >= 11 is 4.09. The van der Waals surface area contributed by atoms with Crippen LogP contribution < -0.4 is 5.32 Å². The van der Waals surface area contributed by atoms with E-state index in [2.05, 4.69) is 31.8 Å². The normalized spacial score (nSPS) is 13.7. The molecule has 0 saturated heterocycles. The van der Waals surface area contributed by atoms with Gasteiger partial charge in [-0.25, -0.2) is 0 Å². The molecule has 0 heterocycles. The molecule has 0 saturated carbocycles. The summed E-state index contributed by atoms with van der Waals surface area (Å²) in [5.74, 6) is 1.75. The van der Waals surface area contributed by atoms with Gasteiger partial charge in [0.2, 0.25) is 0 Å². The van der Waals surface area contributed by atoms with Crippen molar-refractivity contribution in [1.29, 1.82) is 0 Å². The summed E-state index contributed by atoms with van der Waals surface area (Å²) in [5, 5.41) is 3.31. The van der Waals surface area contributed by atoms with Crippen LogP contribution in [-0.2, 0) is 0 Å². The van der Waals surface area contributed by atoms with Crippen molar-refractivity contribution in [3.63, 3.8) is 0 Å². The molecule has 0 spiro atoms. The molecular formula is C7H19NS. The van der Waals surface area contributed by atoms with Gasteiger partial charge in [0.1, 0.15) is 0 Å². The van der Waals surface area contributed by atoms with Crippen molar-refractivity contribution < 1.29 is 1.43 Å². The minimum Gasteiger partial charge on any atom is -0.316 e. The van der Waals surface area contributed by atoms with Gasteiger partial charge in [-0.15, -0.1) is 0 Å². The first kappa shape index (κ1) is 9.31. The molecule has 0 aromatic heterocycles. The smallest absolute Gasteiger partial charge is 0.00398 e. The summed E-state index contributed by atoms with van der Waals surface area (Å²) < 4.78 is 0. The molecule has 1 atom stereocenters. The van der Waals surface area contributed by atoms with Crippen LogP contribution in [-0.4, -0.2) is 18.8 Å². The average molecular weight is 149 g/mol. The maximum atomic E-state index is 4.09. The Morgan fingerprint density at radius 1 is 1.67 bits per heavy atom. The van der Waals surface area contributed by atoms with Crippen molar-refractivity contribution in [2.75, 3.05) is 18.8 Å². The van der Waals surface area contributed by atoms with E-state index in [1.165, 1.54) is 6.42 Å². The van der Waals surface area contributed by atoms with E-state index >= 15 is 0 Å². The maximum Gasteiger partial charge on any atom is 0.00398 e. The highest BCUT2D eigenvalue weighted by Crippen LogP contribution is 1.96. The highest BCUT2D eigenvalue weighted by molar-refractivity contribution is 7.80. The number of hydrogen-bond acceptors (Lipinski definition) is 2. The van der Waals surface area contributed by atoms with E-state index in [4.69, 9.17) is 0 Å². The van der Waals surface area contributed by atoms with Gasteiger partial charge in [0.25, 0.3) is 0 Å². The Bertz CT molecular complexity index is 61.6. The van der Waals surface area contributed by atoms with Crippen LogP contribution in [0.25, 0.3) is 0 Å². The monoisotopic (exact) mass is 149 g/mol. The molecule has 0 radical (unpaired) electrons. The molecule has 0 bridgehead atoms. The van der Waals surface area contributed by atoms with Crippen LogP contribution in [0, 0.1) is 5.92 Å². The standard InChI is InChI=1S/C7H17NS.H2/c1-3-7(2)6-8-4-5-9;/h7-9H,3-6H2,1-2H3;1H. The average Bonchev–Trinajstić information content (AvgIpc) is 1.89. The van der Waals surface area contributed by atoms with Crippen LogP contribution in [0.2, 0.25) is 0 Å². The van der Waals surface area contributed by atoms with E-state index in [1.54, 1.807) is 0 Å². The zero-order chi connectivity index (χ0) is 7.11. The predicted octanol–water partition coefficient (Wildman–Crippen LogP) is 1.80. The third kappa shape index (κ3) is 6.19. The Morgan fingerprint density at radius 2 is 2.33 bits per heavy atom. The lowest BCUT2D eigenvalue weighted by atomic mass is 10.1.